The van der Waals surface area contributed by atoms with Crippen LogP contribution < -0.4 is 10.5 Å². The molecule has 11 heteroatoms. The SMILES string of the molecule is COc1ccncc1-c1ccc(O)c2c1CC1CC3C(N(C)C)C(=O)C(C(N)=O)=C(O)C3(O)C(=O)C1=C2O. The van der Waals surface area contributed by atoms with Gasteiger partial charge in [0, 0.05) is 29.4 Å². The first-order chi connectivity index (χ1) is 17.9. The molecular formula is C27H27N3O8. The number of primary amides is 1. The predicted molar refractivity (Wildman–Crippen MR) is 134 cm³/mol. The number of nitrogens with zero attached hydrogens (tertiary/aromatic N) is 2. The molecule has 6 N–H and O–H groups in total. The van der Waals surface area contributed by atoms with Gasteiger partial charge in [-0.05, 0) is 56.1 Å². The molecule has 1 fully saturated rings. The number of aromatic hydroxyl groups is 1. The van der Waals surface area contributed by atoms with E-state index in [1.165, 1.54) is 18.1 Å². The van der Waals surface area contributed by atoms with E-state index in [9.17, 15) is 34.8 Å². The monoisotopic (exact) mass is 521 g/mol. The van der Waals surface area contributed by atoms with Crippen LogP contribution in [-0.4, -0.2) is 80.6 Å². The summed E-state index contributed by atoms with van der Waals surface area (Å²) in [7, 11) is 4.61. The number of hydrogen-bond donors (Lipinski definition) is 5. The third kappa shape index (κ3) is 3.28. The number of nitrogens with two attached hydrogens (primary N) is 1. The van der Waals surface area contributed by atoms with Crippen LogP contribution in [0.4, 0.5) is 0 Å². The number of rotatable bonds is 4. The van der Waals surface area contributed by atoms with Crippen molar-refractivity contribution >= 4 is 23.2 Å². The summed E-state index contributed by atoms with van der Waals surface area (Å²) in [5, 5.41) is 44.7. The van der Waals surface area contributed by atoms with Crippen molar-refractivity contribution in [2.24, 2.45) is 17.6 Å². The van der Waals surface area contributed by atoms with E-state index in [0.29, 0.717) is 22.4 Å². The lowest BCUT2D eigenvalue weighted by atomic mass is 9.57. The summed E-state index contributed by atoms with van der Waals surface area (Å²) in [4.78, 5) is 44.8. The van der Waals surface area contributed by atoms with E-state index >= 15 is 0 Å². The summed E-state index contributed by atoms with van der Waals surface area (Å²) in [6.45, 7) is 0. The number of phenolic OH excluding ortho intramolecular Hbond substituents is 1. The fraction of sp³-hybridized carbons (Fsp3) is 0.333. The number of phenols is 1. The average Bonchev–Trinajstić information content (AvgIpc) is 2.86. The molecule has 1 aromatic heterocycles. The number of hydrogen-bond acceptors (Lipinski definition) is 10. The molecule has 1 amide bonds. The zero-order valence-electron chi connectivity index (χ0n) is 20.9. The Morgan fingerprint density at radius 1 is 1.16 bits per heavy atom. The highest BCUT2D eigenvalue weighted by Crippen LogP contribution is 2.53. The summed E-state index contributed by atoms with van der Waals surface area (Å²) < 4.78 is 5.47. The number of ether oxygens (including phenoxy) is 1. The van der Waals surface area contributed by atoms with Crippen LogP contribution in [-0.2, 0) is 20.8 Å². The zero-order valence-corrected chi connectivity index (χ0v) is 20.9. The van der Waals surface area contributed by atoms with Crippen molar-refractivity contribution in [1.29, 1.82) is 0 Å². The standard InChI is InChI=1S/C27H27N3O8/c1-30(2)21-15-9-11-8-13-12(14-10-29-7-6-17(14)38-3)4-5-16(31)19(13)22(32)18(11)24(34)27(15,37)25(35)20(23(21)33)26(28)36/h4-7,10-11,15,21,31-32,35,37H,8-9H2,1-3H3,(H2,28,36). The van der Waals surface area contributed by atoms with Crippen LogP contribution in [0.2, 0.25) is 0 Å². The molecule has 1 saturated carbocycles. The number of carbonyl (C=O) groups excluding carboxylic acids is 3. The van der Waals surface area contributed by atoms with E-state index in [0.717, 1.165) is 0 Å². The zero-order chi connectivity index (χ0) is 27.7. The molecular weight excluding hydrogens is 494 g/mol. The molecule has 38 heavy (non-hydrogen) atoms. The van der Waals surface area contributed by atoms with Crippen molar-refractivity contribution in [2.45, 2.75) is 24.5 Å². The summed E-state index contributed by atoms with van der Waals surface area (Å²) in [6.07, 6.45) is 3.32. The van der Waals surface area contributed by atoms with Gasteiger partial charge in [0.25, 0.3) is 5.91 Å². The maximum atomic E-state index is 13.9. The van der Waals surface area contributed by atoms with Crippen molar-refractivity contribution in [1.82, 2.24) is 9.88 Å². The van der Waals surface area contributed by atoms with Gasteiger partial charge in [-0.2, -0.15) is 0 Å². The van der Waals surface area contributed by atoms with Gasteiger partial charge >= 0.3 is 0 Å². The van der Waals surface area contributed by atoms with E-state index in [1.807, 2.05) is 0 Å². The van der Waals surface area contributed by atoms with Gasteiger partial charge in [0.15, 0.2) is 11.4 Å². The van der Waals surface area contributed by atoms with Crippen LogP contribution >= 0.6 is 0 Å². The second kappa shape index (κ2) is 8.67. The molecule has 3 aliphatic carbocycles. The molecule has 3 aliphatic rings. The molecule has 0 saturated heterocycles. The number of ketones is 2. The highest BCUT2D eigenvalue weighted by atomic mass is 16.5. The third-order valence-electron chi connectivity index (χ3n) is 7.90. The highest BCUT2D eigenvalue weighted by Gasteiger charge is 2.64. The molecule has 0 aliphatic heterocycles. The molecule has 4 unspecified atom stereocenters. The third-order valence-corrected chi connectivity index (χ3v) is 7.90. The van der Waals surface area contributed by atoms with Crippen LogP contribution in [0.5, 0.6) is 11.5 Å². The molecule has 0 bridgehead atoms. The first-order valence-corrected chi connectivity index (χ1v) is 11.9. The van der Waals surface area contributed by atoms with Gasteiger partial charge in [0.2, 0.25) is 5.78 Å². The van der Waals surface area contributed by atoms with E-state index in [4.69, 9.17) is 10.5 Å². The Morgan fingerprint density at radius 2 is 1.87 bits per heavy atom. The van der Waals surface area contributed by atoms with Crippen LogP contribution in [0.15, 0.2) is 47.5 Å². The topological polar surface area (TPSA) is 184 Å². The van der Waals surface area contributed by atoms with Crippen molar-refractivity contribution in [3.05, 3.63) is 58.6 Å². The largest absolute Gasteiger partial charge is 0.508 e. The fourth-order valence-electron chi connectivity index (χ4n) is 6.26. The average molecular weight is 522 g/mol. The first-order valence-electron chi connectivity index (χ1n) is 11.9. The minimum atomic E-state index is -2.68. The van der Waals surface area contributed by atoms with Crippen LogP contribution in [0, 0.1) is 11.8 Å². The molecule has 198 valence electrons. The number of fused-ring (bicyclic) bond motifs is 3. The lowest BCUT2D eigenvalue weighted by Gasteiger charge is -2.50. The fourth-order valence-corrected chi connectivity index (χ4v) is 6.26. The van der Waals surface area contributed by atoms with Crippen LogP contribution in [0.25, 0.3) is 16.9 Å². The Labute approximate surface area is 217 Å². The lowest BCUT2D eigenvalue weighted by molar-refractivity contribution is -0.153. The Kier molecular flexibility index (Phi) is 5.80. The Balaban J connectivity index is 1.75. The molecule has 11 nitrogen and oxygen atoms in total. The van der Waals surface area contributed by atoms with Gasteiger partial charge in [-0.15, -0.1) is 0 Å². The summed E-state index contributed by atoms with van der Waals surface area (Å²) >= 11 is 0. The number of pyridine rings is 1. The van der Waals surface area contributed by atoms with Gasteiger partial charge in [-0.3, -0.25) is 24.3 Å². The van der Waals surface area contributed by atoms with Gasteiger partial charge in [0.1, 0.15) is 28.6 Å². The Morgan fingerprint density at radius 3 is 2.50 bits per heavy atom. The minimum absolute atomic E-state index is 0.00435. The quantitative estimate of drug-likeness (QED) is 0.364. The number of Topliss-reactive ketones (excluding diaryl/α,β-unsaturated/α-hetero) is 2. The number of methoxy groups -OCH3 is 1. The number of aliphatic hydroxyl groups is 3. The second-order valence-corrected chi connectivity index (χ2v) is 10.0. The minimum Gasteiger partial charge on any atom is -0.508 e. The van der Waals surface area contributed by atoms with E-state index in [2.05, 4.69) is 4.98 Å². The van der Waals surface area contributed by atoms with Crippen molar-refractivity contribution in [2.75, 3.05) is 21.2 Å². The lowest BCUT2D eigenvalue weighted by Crippen LogP contribution is -2.65. The van der Waals surface area contributed by atoms with Crippen LogP contribution in [0.3, 0.4) is 0 Å². The van der Waals surface area contributed by atoms with E-state index < -0.39 is 58.0 Å². The van der Waals surface area contributed by atoms with Crippen molar-refractivity contribution in [3.8, 4) is 22.6 Å². The van der Waals surface area contributed by atoms with Gasteiger partial charge < -0.3 is 30.9 Å². The normalized spacial score (nSPS) is 26.7. The Hall–Kier alpha value is -4.22. The smallest absolute Gasteiger partial charge is 0.255 e. The maximum Gasteiger partial charge on any atom is 0.255 e. The van der Waals surface area contributed by atoms with Gasteiger partial charge in [-0.25, -0.2) is 0 Å². The number of aliphatic hydroxyl groups excluding tert-OH is 2. The molecule has 1 aromatic carbocycles. The molecule has 0 radical (unpaired) electrons. The molecule has 4 atom stereocenters. The molecule has 1 heterocycles. The van der Waals surface area contributed by atoms with Gasteiger partial charge in [0.05, 0.1) is 18.7 Å². The van der Waals surface area contributed by atoms with E-state index in [1.54, 1.807) is 38.6 Å². The number of benzene rings is 1. The first kappa shape index (κ1) is 25.4. The Bertz CT molecular complexity index is 1480. The number of aromatic nitrogens is 1. The second-order valence-electron chi connectivity index (χ2n) is 10.0. The summed E-state index contributed by atoms with van der Waals surface area (Å²) in [5.41, 5.74) is 3.37. The number of carbonyl (C=O) groups is 3. The van der Waals surface area contributed by atoms with Crippen molar-refractivity contribution in [3.63, 3.8) is 0 Å². The molecule has 5 rings (SSSR count). The summed E-state index contributed by atoms with van der Waals surface area (Å²) in [5.74, 6) is -6.40. The highest BCUT2D eigenvalue weighted by molar-refractivity contribution is 6.24. The van der Waals surface area contributed by atoms with Gasteiger partial charge in [-0.1, -0.05) is 6.07 Å². The van der Waals surface area contributed by atoms with Crippen molar-refractivity contribution < 1.29 is 39.5 Å². The number of amides is 1. The maximum absolute atomic E-state index is 13.9. The number of likely N-dealkylation sites (N-methyl/N-ethyl adjacent to an activating group) is 1. The van der Waals surface area contributed by atoms with Crippen LogP contribution in [0.1, 0.15) is 17.5 Å². The molecule has 0 spiro atoms. The summed E-state index contributed by atoms with van der Waals surface area (Å²) in [6, 6.07) is 3.55. The van der Waals surface area contributed by atoms with E-state index in [-0.39, 0.29) is 29.7 Å². The predicted octanol–water partition coefficient (Wildman–Crippen LogP) is 1.03. The molecule has 2 aromatic rings.